The van der Waals surface area contributed by atoms with E-state index in [1.54, 1.807) is 6.20 Å². The van der Waals surface area contributed by atoms with Crippen LogP contribution in [0.25, 0.3) is 5.52 Å². The molecule has 6 rings (SSSR count). The standard InChI is InChI=1S/C24H32N8O3/c1-24(4-5-24)27-23(33)35-18-3-2-16(12-18)19-14-21(29-28-19)26-22-20-13-17(30-32(20)7-6-25-22)15-31-8-10-34-11-9-31/h6-7,13-14,16,18H,2-5,8-12,15H2,1H3,(H,27,33)(H2,25,26,28,29). The Morgan fingerprint density at radius 2 is 2.14 bits per heavy atom. The minimum Gasteiger partial charge on any atom is -0.446 e. The number of aromatic nitrogens is 5. The molecule has 2 atom stereocenters. The molecule has 2 unspecified atom stereocenters. The lowest BCUT2D eigenvalue weighted by atomic mass is 10.0. The highest BCUT2D eigenvalue weighted by Crippen LogP contribution is 2.37. The Hall–Kier alpha value is -3.18. The smallest absolute Gasteiger partial charge is 0.407 e. The lowest BCUT2D eigenvalue weighted by Crippen LogP contribution is -2.36. The number of anilines is 2. The second kappa shape index (κ2) is 9.12. The van der Waals surface area contributed by atoms with E-state index < -0.39 is 0 Å². The van der Waals surface area contributed by atoms with Gasteiger partial charge in [-0.25, -0.2) is 14.3 Å². The van der Waals surface area contributed by atoms with Crippen LogP contribution in [0.4, 0.5) is 16.4 Å². The fraction of sp³-hybridized carbons (Fsp3) is 0.583. The summed E-state index contributed by atoms with van der Waals surface area (Å²) in [5.41, 5.74) is 2.89. The van der Waals surface area contributed by atoms with Crippen LogP contribution in [0.5, 0.6) is 0 Å². The van der Waals surface area contributed by atoms with Crippen LogP contribution in [0.3, 0.4) is 0 Å². The van der Waals surface area contributed by atoms with E-state index in [0.717, 1.165) is 81.9 Å². The van der Waals surface area contributed by atoms with E-state index in [0.29, 0.717) is 11.6 Å². The van der Waals surface area contributed by atoms with Crippen molar-refractivity contribution in [2.24, 2.45) is 0 Å². The van der Waals surface area contributed by atoms with E-state index in [2.05, 4.69) is 43.7 Å². The second-order valence-corrected chi connectivity index (χ2v) is 10.2. The van der Waals surface area contributed by atoms with Crippen LogP contribution in [0.2, 0.25) is 0 Å². The molecule has 3 aliphatic rings. The van der Waals surface area contributed by atoms with Crippen molar-refractivity contribution in [2.75, 3.05) is 31.6 Å². The summed E-state index contributed by atoms with van der Waals surface area (Å²) in [6, 6.07) is 4.10. The van der Waals surface area contributed by atoms with Crippen molar-refractivity contribution in [3.05, 3.63) is 35.9 Å². The molecule has 0 bridgehead atoms. The normalized spacial score (nSPS) is 23.9. The van der Waals surface area contributed by atoms with Gasteiger partial charge in [-0.3, -0.25) is 10.00 Å². The molecule has 0 radical (unpaired) electrons. The third-order valence-corrected chi connectivity index (χ3v) is 7.28. The van der Waals surface area contributed by atoms with Crippen molar-refractivity contribution in [1.29, 1.82) is 0 Å². The Morgan fingerprint density at radius 3 is 2.97 bits per heavy atom. The molecule has 1 aliphatic heterocycles. The van der Waals surface area contributed by atoms with E-state index in [-0.39, 0.29) is 23.7 Å². The average Bonchev–Trinajstić information content (AvgIpc) is 3.24. The summed E-state index contributed by atoms with van der Waals surface area (Å²) in [4.78, 5) is 19.0. The highest BCUT2D eigenvalue weighted by atomic mass is 16.6. The molecule has 3 fully saturated rings. The molecule has 35 heavy (non-hydrogen) atoms. The van der Waals surface area contributed by atoms with Crippen LogP contribution in [0, 0.1) is 0 Å². The summed E-state index contributed by atoms with van der Waals surface area (Å²) in [7, 11) is 0. The summed E-state index contributed by atoms with van der Waals surface area (Å²) in [5.74, 6) is 1.70. The molecule has 3 aromatic heterocycles. The molecule has 11 nitrogen and oxygen atoms in total. The molecule has 11 heteroatoms. The first-order valence-corrected chi connectivity index (χ1v) is 12.5. The fourth-order valence-corrected chi connectivity index (χ4v) is 4.94. The van der Waals surface area contributed by atoms with Crippen molar-refractivity contribution < 1.29 is 14.3 Å². The van der Waals surface area contributed by atoms with Gasteiger partial charge in [0.15, 0.2) is 11.6 Å². The van der Waals surface area contributed by atoms with Gasteiger partial charge in [-0.05, 0) is 45.1 Å². The van der Waals surface area contributed by atoms with Crippen LogP contribution < -0.4 is 10.6 Å². The number of rotatable bonds is 7. The Bertz CT molecular complexity index is 1200. The summed E-state index contributed by atoms with van der Waals surface area (Å²) < 4.78 is 12.9. The number of fused-ring (bicyclic) bond motifs is 1. The number of nitrogens with zero attached hydrogens (tertiary/aromatic N) is 5. The van der Waals surface area contributed by atoms with E-state index in [4.69, 9.17) is 14.6 Å². The highest BCUT2D eigenvalue weighted by Gasteiger charge is 2.40. The minimum absolute atomic E-state index is 0.0608. The highest BCUT2D eigenvalue weighted by molar-refractivity contribution is 5.72. The maximum Gasteiger partial charge on any atom is 0.407 e. The minimum atomic E-state index is -0.296. The number of hydrogen-bond donors (Lipinski definition) is 3. The quantitative estimate of drug-likeness (QED) is 0.472. The number of amides is 1. The molecule has 0 aromatic carbocycles. The van der Waals surface area contributed by atoms with Crippen LogP contribution >= 0.6 is 0 Å². The lowest BCUT2D eigenvalue weighted by molar-refractivity contribution is 0.0336. The van der Waals surface area contributed by atoms with Gasteiger partial charge in [-0.2, -0.15) is 10.2 Å². The molecule has 1 saturated heterocycles. The van der Waals surface area contributed by atoms with Gasteiger partial charge in [-0.15, -0.1) is 0 Å². The Balaban J connectivity index is 1.08. The fourth-order valence-electron chi connectivity index (χ4n) is 4.94. The maximum absolute atomic E-state index is 12.1. The number of carbonyl (C=O) groups is 1. The van der Waals surface area contributed by atoms with Crippen LogP contribution in [-0.4, -0.2) is 73.7 Å². The van der Waals surface area contributed by atoms with Crippen LogP contribution in [0.1, 0.15) is 56.3 Å². The van der Waals surface area contributed by atoms with Gasteiger partial charge in [-0.1, -0.05) is 0 Å². The van der Waals surface area contributed by atoms with Gasteiger partial charge in [0.1, 0.15) is 11.6 Å². The third-order valence-electron chi connectivity index (χ3n) is 7.28. The summed E-state index contributed by atoms with van der Waals surface area (Å²) >= 11 is 0. The number of carbonyl (C=O) groups excluding carboxylic acids is 1. The molecule has 1 amide bonds. The first-order valence-electron chi connectivity index (χ1n) is 12.5. The molecular weight excluding hydrogens is 448 g/mol. The molecular formula is C24H32N8O3. The Morgan fingerprint density at radius 1 is 1.29 bits per heavy atom. The SMILES string of the molecule is CC1(NC(=O)OC2CCC(c3cc(Nc4nccn5nc(CN6CCOCC6)cc45)n[nH]3)C2)CC1. The van der Waals surface area contributed by atoms with Crippen molar-refractivity contribution in [3.63, 3.8) is 0 Å². The Kier molecular flexibility index (Phi) is 5.81. The van der Waals surface area contributed by atoms with Gasteiger partial charge >= 0.3 is 6.09 Å². The second-order valence-electron chi connectivity index (χ2n) is 10.2. The molecule has 3 N–H and O–H groups in total. The van der Waals surface area contributed by atoms with Crippen molar-refractivity contribution in [2.45, 2.75) is 63.1 Å². The number of alkyl carbamates (subject to hydrolysis) is 1. The largest absolute Gasteiger partial charge is 0.446 e. The number of aromatic amines is 1. The number of hydrogen-bond acceptors (Lipinski definition) is 8. The first kappa shape index (κ1) is 22.3. The molecule has 4 heterocycles. The third kappa shape index (κ3) is 5.10. The monoisotopic (exact) mass is 480 g/mol. The zero-order chi connectivity index (χ0) is 23.8. The zero-order valence-electron chi connectivity index (χ0n) is 20.0. The number of nitrogens with one attached hydrogen (secondary N) is 3. The van der Waals surface area contributed by atoms with Crippen LogP contribution in [-0.2, 0) is 16.0 Å². The van der Waals surface area contributed by atoms with Gasteiger partial charge in [0.05, 0.1) is 18.9 Å². The predicted octanol–water partition coefficient (Wildman–Crippen LogP) is 2.94. The van der Waals surface area contributed by atoms with E-state index in [1.165, 1.54) is 0 Å². The molecule has 186 valence electrons. The average molecular weight is 481 g/mol. The lowest BCUT2D eigenvalue weighted by Gasteiger charge is -2.25. The molecule has 2 saturated carbocycles. The molecule has 3 aromatic rings. The van der Waals surface area contributed by atoms with Gasteiger partial charge in [0.25, 0.3) is 0 Å². The van der Waals surface area contributed by atoms with Gasteiger partial charge < -0.3 is 20.1 Å². The van der Waals surface area contributed by atoms with E-state index in [9.17, 15) is 4.79 Å². The first-order chi connectivity index (χ1) is 17.0. The van der Waals surface area contributed by atoms with Crippen molar-refractivity contribution >= 4 is 23.2 Å². The summed E-state index contributed by atoms with van der Waals surface area (Å²) in [6.45, 7) is 6.22. The number of H-pyrrole nitrogens is 1. The van der Waals surface area contributed by atoms with Gasteiger partial charge in [0.2, 0.25) is 0 Å². The maximum atomic E-state index is 12.1. The summed E-state index contributed by atoms with van der Waals surface area (Å²) in [6.07, 6.45) is 7.90. The van der Waals surface area contributed by atoms with Crippen molar-refractivity contribution in [3.8, 4) is 0 Å². The topological polar surface area (TPSA) is 122 Å². The number of ether oxygens (including phenoxy) is 2. The van der Waals surface area contributed by atoms with E-state index in [1.807, 2.05) is 16.8 Å². The Labute approximate surface area is 203 Å². The van der Waals surface area contributed by atoms with Gasteiger partial charge in [0, 0.05) is 55.2 Å². The van der Waals surface area contributed by atoms with Crippen molar-refractivity contribution in [1.82, 2.24) is 35.0 Å². The zero-order valence-corrected chi connectivity index (χ0v) is 20.0. The van der Waals surface area contributed by atoms with Crippen LogP contribution in [0.15, 0.2) is 24.5 Å². The molecule has 2 aliphatic carbocycles. The van der Waals surface area contributed by atoms with E-state index >= 15 is 0 Å². The predicted molar refractivity (Wildman–Crippen MR) is 129 cm³/mol. The summed E-state index contributed by atoms with van der Waals surface area (Å²) in [5, 5.41) is 18.6. The molecule has 0 spiro atoms. The number of morpholine rings is 1.